The quantitative estimate of drug-likeness (QED) is 0.290. The fourth-order valence-electron chi connectivity index (χ4n) is 3.53. The van der Waals surface area contributed by atoms with Gasteiger partial charge in [-0.05, 0) is 30.5 Å². The van der Waals surface area contributed by atoms with Gasteiger partial charge in [-0.15, -0.1) is 0 Å². The molecule has 3 aromatic carbocycles. The lowest BCUT2D eigenvalue weighted by atomic mass is 10.1. The first-order chi connectivity index (χ1) is 16.0. The topological polar surface area (TPSA) is 113 Å². The molecule has 2 N–H and O–H groups in total. The molecule has 4 aromatic rings. The molecule has 0 saturated heterocycles. The van der Waals surface area contributed by atoms with Gasteiger partial charge in [-0.2, -0.15) is 0 Å². The monoisotopic (exact) mass is 462 g/mol. The second kappa shape index (κ2) is 9.49. The van der Waals surface area contributed by atoms with Crippen molar-refractivity contribution in [1.82, 2.24) is 15.4 Å². The summed E-state index contributed by atoms with van der Waals surface area (Å²) >= 11 is 6.05. The van der Waals surface area contributed by atoms with Gasteiger partial charge >= 0.3 is 5.69 Å². The summed E-state index contributed by atoms with van der Waals surface area (Å²) < 4.78 is 0. The third-order valence-electron chi connectivity index (χ3n) is 5.03. The van der Waals surface area contributed by atoms with E-state index in [2.05, 4.69) is 20.8 Å². The normalized spacial score (nSPS) is 10.6. The van der Waals surface area contributed by atoms with Gasteiger partial charge in [0.1, 0.15) is 6.33 Å². The molecule has 33 heavy (non-hydrogen) atoms. The first-order valence-electron chi connectivity index (χ1n) is 10.1. The third kappa shape index (κ3) is 4.39. The zero-order chi connectivity index (χ0) is 23.4. The Morgan fingerprint density at radius 3 is 2.55 bits per heavy atom. The highest BCUT2D eigenvalue weighted by Gasteiger charge is 2.28. The van der Waals surface area contributed by atoms with E-state index in [9.17, 15) is 14.9 Å². The largest absolute Gasteiger partial charge is 0.355 e. The number of halogens is 1. The summed E-state index contributed by atoms with van der Waals surface area (Å²) in [5.74, 6) is -0.608. The van der Waals surface area contributed by atoms with Crippen LogP contribution in [0.15, 0.2) is 73.1 Å². The number of carbonyl (C=O) groups excluding carboxylic acids is 1. The molecule has 1 heterocycles. The van der Waals surface area contributed by atoms with Crippen molar-refractivity contribution in [2.45, 2.75) is 6.92 Å². The van der Waals surface area contributed by atoms with Crippen molar-refractivity contribution in [3.8, 4) is 0 Å². The molecule has 0 aliphatic heterocycles. The molecule has 0 spiro atoms. The van der Waals surface area contributed by atoms with Crippen LogP contribution in [0, 0.1) is 10.1 Å². The Kier molecular flexibility index (Phi) is 6.32. The number of nitrogens with one attached hydrogen (secondary N) is 2. The van der Waals surface area contributed by atoms with Crippen LogP contribution in [0.2, 0.25) is 5.02 Å². The molecule has 10 heteroatoms. The van der Waals surface area contributed by atoms with Gasteiger partial charge in [-0.1, -0.05) is 60.1 Å². The Morgan fingerprint density at radius 1 is 1.06 bits per heavy atom. The molecule has 0 atom stereocenters. The standard InChI is InChI=1S/C23H19ClN6O3/c1-2-29(19-13-7-9-15-8-3-4-10-16(15)19)22-20(30(32)33)21(25-14-26-22)27-28-23(31)17-11-5-6-12-18(17)24/h3-14H,2H2,1H3,(H,28,31)(H,25,26,27). The third-order valence-corrected chi connectivity index (χ3v) is 5.36. The predicted octanol–water partition coefficient (Wildman–Crippen LogP) is 5.11. The number of carbonyl (C=O) groups is 1. The highest BCUT2D eigenvalue weighted by molar-refractivity contribution is 6.33. The van der Waals surface area contributed by atoms with E-state index in [0.717, 1.165) is 16.5 Å². The van der Waals surface area contributed by atoms with Gasteiger partial charge in [-0.25, -0.2) is 9.97 Å². The number of hydrogen-bond acceptors (Lipinski definition) is 7. The minimum absolute atomic E-state index is 0.100. The van der Waals surface area contributed by atoms with Crippen molar-refractivity contribution < 1.29 is 9.72 Å². The molecule has 9 nitrogen and oxygen atoms in total. The molecular weight excluding hydrogens is 444 g/mol. The fraction of sp³-hybridized carbons (Fsp3) is 0.0870. The van der Waals surface area contributed by atoms with Crippen molar-refractivity contribution in [1.29, 1.82) is 0 Å². The molecule has 1 amide bonds. The molecule has 0 saturated carbocycles. The Labute approximate surface area is 194 Å². The lowest BCUT2D eigenvalue weighted by Gasteiger charge is -2.24. The van der Waals surface area contributed by atoms with E-state index < -0.39 is 10.8 Å². The Morgan fingerprint density at radius 2 is 1.79 bits per heavy atom. The first-order valence-corrected chi connectivity index (χ1v) is 10.4. The molecule has 0 fully saturated rings. The number of rotatable bonds is 7. The van der Waals surface area contributed by atoms with Crippen LogP contribution in [0.1, 0.15) is 17.3 Å². The summed E-state index contributed by atoms with van der Waals surface area (Å²) in [4.78, 5) is 33.9. The van der Waals surface area contributed by atoms with Crippen LogP contribution in [-0.2, 0) is 0 Å². The van der Waals surface area contributed by atoms with Crippen molar-refractivity contribution >= 4 is 51.3 Å². The number of benzene rings is 3. The van der Waals surface area contributed by atoms with E-state index >= 15 is 0 Å². The smallest absolute Gasteiger partial charge is 0.320 e. The van der Waals surface area contributed by atoms with Crippen molar-refractivity contribution in [2.24, 2.45) is 0 Å². The summed E-state index contributed by atoms with van der Waals surface area (Å²) in [5, 5.41) is 14.2. The number of aromatic nitrogens is 2. The van der Waals surface area contributed by atoms with Crippen LogP contribution in [0.3, 0.4) is 0 Å². The van der Waals surface area contributed by atoms with Gasteiger partial charge in [0.2, 0.25) is 11.6 Å². The predicted molar refractivity (Wildman–Crippen MR) is 128 cm³/mol. The summed E-state index contributed by atoms with van der Waals surface area (Å²) in [6, 6.07) is 20.0. The Balaban J connectivity index is 1.72. The summed E-state index contributed by atoms with van der Waals surface area (Å²) in [6.07, 6.45) is 1.21. The van der Waals surface area contributed by atoms with E-state index in [1.54, 1.807) is 29.2 Å². The van der Waals surface area contributed by atoms with E-state index in [4.69, 9.17) is 11.6 Å². The number of fused-ring (bicyclic) bond motifs is 1. The van der Waals surface area contributed by atoms with Gasteiger partial charge in [0, 0.05) is 11.9 Å². The van der Waals surface area contributed by atoms with Crippen LogP contribution >= 0.6 is 11.6 Å². The molecule has 1 aromatic heterocycles. The Hall–Kier alpha value is -4.24. The van der Waals surface area contributed by atoms with Crippen molar-refractivity contribution in [3.05, 3.63) is 93.8 Å². The zero-order valence-electron chi connectivity index (χ0n) is 17.5. The van der Waals surface area contributed by atoms with Gasteiger partial charge < -0.3 is 4.90 Å². The second-order valence-corrected chi connectivity index (χ2v) is 7.36. The van der Waals surface area contributed by atoms with E-state index in [1.807, 2.05) is 49.4 Å². The number of hydrazine groups is 1. The van der Waals surface area contributed by atoms with Crippen LogP contribution in [0.4, 0.5) is 23.0 Å². The highest BCUT2D eigenvalue weighted by Crippen LogP contribution is 2.38. The van der Waals surface area contributed by atoms with Crippen LogP contribution in [-0.4, -0.2) is 27.3 Å². The van der Waals surface area contributed by atoms with E-state index in [0.29, 0.717) is 6.54 Å². The van der Waals surface area contributed by atoms with Gasteiger partial charge in [-0.3, -0.25) is 25.8 Å². The first kappa shape index (κ1) is 22.0. The molecule has 0 radical (unpaired) electrons. The maximum atomic E-state index is 12.5. The number of nitro groups is 1. The van der Waals surface area contributed by atoms with Gasteiger partial charge in [0.05, 0.1) is 21.2 Å². The lowest BCUT2D eigenvalue weighted by Crippen LogP contribution is -2.31. The SMILES string of the molecule is CCN(c1ncnc(NNC(=O)c2ccccc2Cl)c1[N+](=O)[O-])c1cccc2ccccc12. The van der Waals surface area contributed by atoms with Crippen LogP contribution in [0.25, 0.3) is 10.8 Å². The molecule has 0 unspecified atom stereocenters. The summed E-state index contributed by atoms with van der Waals surface area (Å²) in [6.45, 7) is 2.29. The maximum absolute atomic E-state index is 12.5. The van der Waals surface area contributed by atoms with Gasteiger partial charge in [0.25, 0.3) is 5.91 Å². The van der Waals surface area contributed by atoms with Crippen LogP contribution in [0.5, 0.6) is 0 Å². The average molecular weight is 463 g/mol. The zero-order valence-corrected chi connectivity index (χ0v) is 18.3. The molecule has 166 valence electrons. The molecule has 0 bridgehead atoms. The fourth-order valence-corrected chi connectivity index (χ4v) is 3.75. The molecular formula is C23H19ClN6O3. The van der Waals surface area contributed by atoms with E-state index in [-0.39, 0.29) is 27.9 Å². The second-order valence-electron chi connectivity index (χ2n) is 6.95. The minimum atomic E-state index is -0.576. The lowest BCUT2D eigenvalue weighted by molar-refractivity contribution is -0.383. The van der Waals surface area contributed by atoms with Crippen LogP contribution < -0.4 is 15.8 Å². The Bertz CT molecular complexity index is 1340. The average Bonchev–Trinajstić information content (AvgIpc) is 2.83. The van der Waals surface area contributed by atoms with Gasteiger partial charge in [0.15, 0.2) is 0 Å². The number of hydrogen-bond donors (Lipinski definition) is 2. The van der Waals surface area contributed by atoms with Crippen molar-refractivity contribution in [3.63, 3.8) is 0 Å². The summed E-state index contributed by atoms with van der Waals surface area (Å²) in [7, 11) is 0. The highest BCUT2D eigenvalue weighted by atomic mass is 35.5. The maximum Gasteiger partial charge on any atom is 0.355 e. The van der Waals surface area contributed by atoms with E-state index in [1.165, 1.54) is 6.33 Å². The number of nitrogens with zero attached hydrogens (tertiary/aromatic N) is 4. The molecule has 0 aliphatic carbocycles. The summed E-state index contributed by atoms with van der Waals surface area (Å²) in [5.41, 5.74) is 5.58. The minimum Gasteiger partial charge on any atom is -0.320 e. The number of anilines is 3. The molecule has 4 rings (SSSR count). The number of amides is 1. The molecule has 0 aliphatic rings. The van der Waals surface area contributed by atoms with Crippen molar-refractivity contribution in [2.75, 3.05) is 16.9 Å².